The highest BCUT2D eigenvalue weighted by molar-refractivity contribution is 8.13. The Bertz CT molecular complexity index is 647. The molecule has 1 aromatic carbocycles. The molecule has 0 bridgehead atoms. The van der Waals surface area contributed by atoms with Gasteiger partial charge in [0.25, 0.3) is 9.05 Å². The number of aromatic nitrogens is 1. The molecule has 0 saturated heterocycles. The van der Waals surface area contributed by atoms with Crippen LogP contribution in [0.3, 0.4) is 0 Å². The summed E-state index contributed by atoms with van der Waals surface area (Å²) in [6.07, 6.45) is 0. The standard InChI is InChI=1S/C10H9ClN2O2S2/c1-6-9(13-10(12)16-6)7-2-4-8(5-3-7)17(11,14)15/h2-5H,1H3,(H2,12,13). The smallest absolute Gasteiger partial charge is 0.261 e. The van der Waals surface area contributed by atoms with Crippen LogP contribution < -0.4 is 5.73 Å². The van der Waals surface area contributed by atoms with Crippen molar-refractivity contribution in [2.75, 3.05) is 5.73 Å². The minimum atomic E-state index is -3.68. The molecule has 90 valence electrons. The molecule has 1 heterocycles. The predicted octanol–water partition coefficient (Wildman–Crippen LogP) is 2.63. The van der Waals surface area contributed by atoms with Gasteiger partial charge in [-0.1, -0.05) is 12.1 Å². The van der Waals surface area contributed by atoms with E-state index in [9.17, 15) is 8.42 Å². The van der Waals surface area contributed by atoms with Crippen molar-refractivity contribution in [2.45, 2.75) is 11.8 Å². The molecule has 0 unspecified atom stereocenters. The van der Waals surface area contributed by atoms with Gasteiger partial charge in [0.15, 0.2) is 5.13 Å². The molecule has 0 fully saturated rings. The number of nitrogen functional groups attached to an aromatic ring is 1. The average molecular weight is 289 g/mol. The van der Waals surface area contributed by atoms with Crippen LogP contribution in [0.2, 0.25) is 0 Å². The van der Waals surface area contributed by atoms with Gasteiger partial charge in [-0.3, -0.25) is 0 Å². The molecule has 0 atom stereocenters. The average Bonchev–Trinajstić information content (AvgIpc) is 2.57. The van der Waals surface area contributed by atoms with Crippen molar-refractivity contribution >= 4 is 36.2 Å². The van der Waals surface area contributed by atoms with Crippen molar-refractivity contribution in [3.63, 3.8) is 0 Å². The summed E-state index contributed by atoms with van der Waals surface area (Å²) < 4.78 is 22.2. The summed E-state index contributed by atoms with van der Waals surface area (Å²) in [5.41, 5.74) is 7.19. The largest absolute Gasteiger partial charge is 0.375 e. The van der Waals surface area contributed by atoms with Crippen molar-refractivity contribution in [2.24, 2.45) is 0 Å². The zero-order chi connectivity index (χ0) is 12.6. The Balaban J connectivity index is 2.46. The summed E-state index contributed by atoms with van der Waals surface area (Å²) in [5.74, 6) is 0. The maximum Gasteiger partial charge on any atom is 0.261 e. The van der Waals surface area contributed by atoms with Gasteiger partial charge in [-0.15, -0.1) is 11.3 Å². The molecule has 0 aliphatic heterocycles. The Labute approximate surface area is 107 Å². The van der Waals surface area contributed by atoms with Crippen LogP contribution in [0.4, 0.5) is 5.13 Å². The third-order valence-electron chi connectivity index (χ3n) is 2.22. The molecule has 0 aliphatic carbocycles. The normalized spacial score (nSPS) is 11.6. The number of benzene rings is 1. The van der Waals surface area contributed by atoms with Crippen LogP contribution in [0.25, 0.3) is 11.3 Å². The molecular formula is C10H9ClN2O2S2. The van der Waals surface area contributed by atoms with E-state index in [0.29, 0.717) is 5.13 Å². The highest BCUT2D eigenvalue weighted by atomic mass is 35.7. The van der Waals surface area contributed by atoms with Crippen molar-refractivity contribution in [3.8, 4) is 11.3 Å². The number of hydrogen-bond acceptors (Lipinski definition) is 5. The molecule has 2 aromatic rings. The summed E-state index contributed by atoms with van der Waals surface area (Å²) in [5, 5.41) is 0.492. The lowest BCUT2D eigenvalue weighted by atomic mass is 10.1. The van der Waals surface area contributed by atoms with Gasteiger partial charge in [0.05, 0.1) is 10.6 Å². The lowest BCUT2D eigenvalue weighted by molar-refractivity contribution is 0.609. The molecule has 17 heavy (non-hydrogen) atoms. The van der Waals surface area contributed by atoms with Crippen LogP contribution in [-0.2, 0) is 9.05 Å². The summed E-state index contributed by atoms with van der Waals surface area (Å²) in [6.45, 7) is 1.91. The van der Waals surface area contributed by atoms with Crippen LogP contribution in [0.15, 0.2) is 29.2 Å². The third kappa shape index (κ3) is 2.59. The summed E-state index contributed by atoms with van der Waals surface area (Å²) >= 11 is 1.40. The van der Waals surface area contributed by atoms with E-state index in [-0.39, 0.29) is 4.90 Å². The second kappa shape index (κ2) is 4.29. The van der Waals surface area contributed by atoms with Crippen LogP contribution in [0, 0.1) is 6.92 Å². The van der Waals surface area contributed by atoms with Crippen LogP contribution in [0.5, 0.6) is 0 Å². The molecule has 0 radical (unpaired) electrons. The van der Waals surface area contributed by atoms with E-state index >= 15 is 0 Å². The summed E-state index contributed by atoms with van der Waals surface area (Å²) in [7, 11) is 1.55. The fraction of sp³-hybridized carbons (Fsp3) is 0.100. The Morgan fingerprint density at radius 2 is 1.88 bits per heavy atom. The number of thiazole rings is 1. The Hall–Kier alpha value is -1.11. The Morgan fingerprint density at radius 1 is 1.29 bits per heavy atom. The molecular weight excluding hydrogens is 280 g/mol. The topological polar surface area (TPSA) is 73.0 Å². The Morgan fingerprint density at radius 3 is 2.29 bits per heavy atom. The number of halogens is 1. The lowest BCUT2D eigenvalue weighted by Crippen LogP contribution is -1.90. The number of anilines is 1. The van der Waals surface area contributed by atoms with E-state index in [2.05, 4.69) is 4.98 Å². The van der Waals surface area contributed by atoms with Gasteiger partial charge >= 0.3 is 0 Å². The maximum absolute atomic E-state index is 11.1. The molecule has 2 N–H and O–H groups in total. The van der Waals surface area contributed by atoms with E-state index in [1.807, 2.05) is 6.92 Å². The van der Waals surface area contributed by atoms with Gasteiger partial charge in [0.1, 0.15) is 0 Å². The zero-order valence-electron chi connectivity index (χ0n) is 8.84. The third-order valence-corrected chi connectivity index (χ3v) is 4.39. The summed E-state index contributed by atoms with van der Waals surface area (Å²) in [6, 6.07) is 6.23. The molecule has 7 heteroatoms. The van der Waals surface area contributed by atoms with Crippen LogP contribution >= 0.6 is 22.0 Å². The van der Waals surface area contributed by atoms with E-state index in [1.54, 1.807) is 12.1 Å². The molecule has 2 rings (SSSR count). The van der Waals surface area contributed by atoms with Gasteiger partial charge < -0.3 is 5.73 Å². The zero-order valence-corrected chi connectivity index (χ0v) is 11.2. The fourth-order valence-corrected chi connectivity index (χ4v) is 2.94. The SMILES string of the molecule is Cc1sc(N)nc1-c1ccc(S(=O)(=O)Cl)cc1. The number of hydrogen-bond donors (Lipinski definition) is 1. The van der Waals surface area contributed by atoms with Gasteiger partial charge in [-0.05, 0) is 19.1 Å². The first-order valence-electron chi connectivity index (χ1n) is 4.66. The maximum atomic E-state index is 11.1. The first-order valence-corrected chi connectivity index (χ1v) is 7.78. The quantitative estimate of drug-likeness (QED) is 0.862. The fourth-order valence-electron chi connectivity index (χ4n) is 1.46. The van der Waals surface area contributed by atoms with Crippen LogP contribution in [-0.4, -0.2) is 13.4 Å². The molecule has 0 aliphatic rings. The molecule has 0 spiro atoms. The van der Waals surface area contributed by atoms with Crippen molar-refractivity contribution in [1.82, 2.24) is 4.98 Å². The van der Waals surface area contributed by atoms with Crippen LogP contribution in [0.1, 0.15) is 4.88 Å². The second-order valence-corrected chi connectivity index (χ2v) is 7.22. The van der Waals surface area contributed by atoms with Crippen molar-refractivity contribution in [3.05, 3.63) is 29.1 Å². The van der Waals surface area contributed by atoms with Gasteiger partial charge in [-0.2, -0.15) is 0 Å². The first kappa shape index (κ1) is 12.3. The number of rotatable bonds is 2. The monoisotopic (exact) mass is 288 g/mol. The lowest BCUT2D eigenvalue weighted by Gasteiger charge is -2.00. The van der Waals surface area contributed by atoms with E-state index < -0.39 is 9.05 Å². The van der Waals surface area contributed by atoms with Crippen molar-refractivity contribution < 1.29 is 8.42 Å². The predicted molar refractivity (Wildman–Crippen MR) is 69.7 cm³/mol. The molecule has 1 aromatic heterocycles. The van der Waals surface area contributed by atoms with Gasteiger partial charge in [0, 0.05) is 21.1 Å². The minimum Gasteiger partial charge on any atom is -0.375 e. The molecule has 0 amide bonds. The van der Waals surface area contributed by atoms with E-state index in [0.717, 1.165) is 16.1 Å². The molecule has 4 nitrogen and oxygen atoms in total. The van der Waals surface area contributed by atoms with Gasteiger partial charge in [0.2, 0.25) is 0 Å². The van der Waals surface area contributed by atoms with Gasteiger partial charge in [-0.25, -0.2) is 13.4 Å². The number of nitrogens with two attached hydrogens (primary N) is 1. The number of aryl methyl sites for hydroxylation is 1. The van der Waals surface area contributed by atoms with E-state index in [4.69, 9.17) is 16.4 Å². The minimum absolute atomic E-state index is 0.0729. The second-order valence-electron chi connectivity index (χ2n) is 3.42. The first-order chi connectivity index (χ1) is 7.88. The number of nitrogens with zero attached hydrogens (tertiary/aromatic N) is 1. The van der Waals surface area contributed by atoms with Crippen molar-refractivity contribution in [1.29, 1.82) is 0 Å². The highest BCUT2D eigenvalue weighted by Crippen LogP contribution is 2.29. The highest BCUT2D eigenvalue weighted by Gasteiger charge is 2.12. The summed E-state index contributed by atoms with van der Waals surface area (Å²) in [4.78, 5) is 5.25. The Kier molecular flexibility index (Phi) is 3.11. The molecule has 0 saturated carbocycles. The van der Waals surface area contributed by atoms with E-state index in [1.165, 1.54) is 23.5 Å².